The molecule has 0 aromatic heterocycles. The van der Waals surface area contributed by atoms with Gasteiger partial charge in [0, 0.05) is 6.54 Å². The van der Waals surface area contributed by atoms with Crippen LogP contribution in [0.5, 0.6) is 5.75 Å². The molecule has 8 nitrogen and oxygen atoms in total. The highest BCUT2D eigenvalue weighted by Crippen LogP contribution is 2.33. The number of fused-ring (bicyclic) bond motifs is 1. The van der Waals surface area contributed by atoms with Crippen molar-refractivity contribution in [2.24, 2.45) is 0 Å². The molecule has 29 heavy (non-hydrogen) atoms. The molecule has 0 aliphatic carbocycles. The van der Waals surface area contributed by atoms with E-state index in [2.05, 4.69) is 0 Å². The van der Waals surface area contributed by atoms with Crippen molar-refractivity contribution in [1.82, 2.24) is 4.31 Å². The minimum absolute atomic E-state index is 0.0640. The molecule has 0 bridgehead atoms. The highest BCUT2D eigenvalue weighted by atomic mass is 32.2. The molecule has 9 heteroatoms. The van der Waals surface area contributed by atoms with Crippen molar-refractivity contribution in [1.29, 1.82) is 0 Å². The number of benzene rings is 2. The predicted molar refractivity (Wildman–Crippen MR) is 106 cm³/mol. The van der Waals surface area contributed by atoms with Gasteiger partial charge >= 0.3 is 5.97 Å². The number of carbonyl (C=O) groups excluding carboxylic acids is 2. The molecule has 0 radical (unpaired) electrons. The fourth-order valence-corrected chi connectivity index (χ4v) is 4.49. The monoisotopic (exact) mass is 418 g/mol. The standard InChI is InChI=1S/C20H22N2O6S/c1-3-21(29(25,26)15-9-5-4-6-10-15)14-19(23)22-13-18(20(24)27-2)28-17-12-8-7-11-16(17)22/h4-12,18H,3,13-14H2,1-2H3/t18-/m1/s1. The van der Waals surface area contributed by atoms with Crippen molar-refractivity contribution in [3.63, 3.8) is 0 Å². The van der Waals surface area contributed by atoms with E-state index in [4.69, 9.17) is 9.47 Å². The first kappa shape index (κ1) is 20.8. The Morgan fingerprint density at radius 3 is 2.45 bits per heavy atom. The number of ether oxygens (including phenoxy) is 2. The van der Waals surface area contributed by atoms with Crippen LogP contribution in [0.3, 0.4) is 0 Å². The van der Waals surface area contributed by atoms with Crippen molar-refractivity contribution >= 4 is 27.6 Å². The zero-order valence-electron chi connectivity index (χ0n) is 16.1. The minimum atomic E-state index is -3.83. The van der Waals surface area contributed by atoms with Gasteiger partial charge in [0.2, 0.25) is 22.0 Å². The Kier molecular flexibility index (Phi) is 6.19. The second kappa shape index (κ2) is 8.62. The minimum Gasteiger partial charge on any atom is -0.475 e. The Morgan fingerprint density at radius 1 is 1.14 bits per heavy atom. The maximum atomic E-state index is 13.1. The predicted octanol–water partition coefficient (Wildman–Crippen LogP) is 1.66. The molecule has 1 heterocycles. The van der Waals surface area contributed by atoms with Gasteiger partial charge in [0.25, 0.3) is 0 Å². The average molecular weight is 418 g/mol. The molecular weight excluding hydrogens is 396 g/mol. The molecule has 1 amide bonds. The molecule has 154 valence electrons. The highest BCUT2D eigenvalue weighted by Gasteiger charge is 2.36. The second-order valence-electron chi connectivity index (χ2n) is 6.35. The molecular formula is C20H22N2O6S. The van der Waals surface area contributed by atoms with E-state index in [1.807, 2.05) is 0 Å². The smallest absolute Gasteiger partial charge is 0.348 e. The molecule has 2 aromatic carbocycles. The quantitative estimate of drug-likeness (QED) is 0.663. The van der Waals surface area contributed by atoms with E-state index >= 15 is 0 Å². The molecule has 0 N–H and O–H groups in total. The van der Waals surface area contributed by atoms with Crippen LogP contribution in [-0.4, -0.2) is 57.4 Å². The van der Waals surface area contributed by atoms with Crippen molar-refractivity contribution in [2.75, 3.05) is 31.6 Å². The number of nitrogens with zero attached hydrogens (tertiary/aromatic N) is 2. The van der Waals surface area contributed by atoms with Crippen LogP contribution >= 0.6 is 0 Å². The van der Waals surface area contributed by atoms with Crippen LogP contribution in [0, 0.1) is 0 Å². The summed E-state index contributed by atoms with van der Waals surface area (Å²) < 4.78 is 37.3. The Bertz CT molecular complexity index is 993. The lowest BCUT2D eigenvalue weighted by molar-refractivity contribution is -0.148. The first-order valence-corrected chi connectivity index (χ1v) is 10.5. The van der Waals surface area contributed by atoms with E-state index in [0.29, 0.717) is 11.4 Å². The van der Waals surface area contributed by atoms with Crippen LogP contribution < -0.4 is 9.64 Å². The Balaban J connectivity index is 1.87. The Labute approximate surface area is 169 Å². The molecule has 0 unspecified atom stereocenters. The number of esters is 1. The maximum absolute atomic E-state index is 13.1. The van der Waals surface area contributed by atoms with Crippen LogP contribution in [0.1, 0.15) is 6.92 Å². The van der Waals surface area contributed by atoms with Gasteiger partial charge in [0.1, 0.15) is 5.75 Å². The number of rotatable bonds is 6. The second-order valence-corrected chi connectivity index (χ2v) is 8.28. The number of amides is 1. The van der Waals surface area contributed by atoms with E-state index in [1.165, 1.54) is 24.1 Å². The summed E-state index contributed by atoms with van der Waals surface area (Å²) in [7, 11) is -2.59. The van der Waals surface area contributed by atoms with Gasteiger partial charge < -0.3 is 14.4 Å². The third-order valence-electron chi connectivity index (χ3n) is 4.58. The van der Waals surface area contributed by atoms with E-state index in [-0.39, 0.29) is 24.5 Å². The topological polar surface area (TPSA) is 93.2 Å². The van der Waals surface area contributed by atoms with Crippen molar-refractivity contribution in [2.45, 2.75) is 17.9 Å². The van der Waals surface area contributed by atoms with Gasteiger partial charge in [-0.3, -0.25) is 4.79 Å². The molecule has 2 aromatic rings. The molecule has 3 rings (SSSR count). The zero-order chi connectivity index (χ0) is 21.0. The van der Waals surface area contributed by atoms with Gasteiger partial charge in [-0.25, -0.2) is 13.2 Å². The molecule has 1 aliphatic rings. The molecule has 0 saturated heterocycles. The summed E-state index contributed by atoms with van der Waals surface area (Å²) in [4.78, 5) is 26.5. The van der Waals surface area contributed by atoms with Gasteiger partial charge in [-0.15, -0.1) is 0 Å². The Morgan fingerprint density at radius 2 is 1.79 bits per heavy atom. The van der Waals surface area contributed by atoms with Crippen LogP contribution in [0.25, 0.3) is 0 Å². The first-order chi connectivity index (χ1) is 13.9. The van der Waals surface area contributed by atoms with Gasteiger partial charge in [0.05, 0.1) is 30.8 Å². The summed E-state index contributed by atoms with van der Waals surface area (Å²) >= 11 is 0. The van der Waals surface area contributed by atoms with Gasteiger partial charge in [-0.05, 0) is 24.3 Å². The number of methoxy groups -OCH3 is 1. The highest BCUT2D eigenvalue weighted by molar-refractivity contribution is 7.89. The fraction of sp³-hybridized carbons (Fsp3) is 0.300. The van der Waals surface area contributed by atoms with Gasteiger partial charge in [-0.1, -0.05) is 37.3 Å². The number of sulfonamides is 1. The van der Waals surface area contributed by atoms with Gasteiger partial charge in [-0.2, -0.15) is 4.31 Å². The van der Waals surface area contributed by atoms with Crippen LogP contribution in [0.15, 0.2) is 59.5 Å². The number of hydrogen-bond donors (Lipinski definition) is 0. The van der Waals surface area contributed by atoms with E-state index < -0.39 is 28.0 Å². The summed E-state index contributed by atoms with van der Waals surface area (Å²) in [5, 5.41) is 0. The largest absolute Gasteiger partial charge is 0.475 e. The van der Waals surface area contributed by atoms with Crippen LogP contribution in [0.2, 0.25) is 0 Å². The molecule has 0 saturated carbocycles. The number of carbonyl (C=O) groups is 2. The lowest BCUT2D eigenvalue weighted by atomic mass is 10.2. The first-order valence-electron chi connectivity index (χ1n) is 9.07. The van der Waals surface area contributed by atoms with Crippen molar-refractivity contribution in [3.8, 4) is 5.75 Å². The van der Waals surface area contributed by atoms with Crippen LogP contribution in [0.4, 0.5) is 5.69 Å². The molecule has 1 atom stereocenters. The van der Waals surface area contributed by atoms with Crippen molar-refractivity contribution in [3.05, 3.63) is 54.6 Å². The summed E-state index contributed by atoms with van der Waals surface area (Å²) in [5.41, 5.74) is 0.478. The lowest BCUT2D eigenvalue weighted by Crippen LogP contribution is -2.50. The molecule has 1 aliphatic heterocycles. The maximum Gasteiger partial charge on any atom is 0.348 e. The molecule has 0 fully saturated rings. The average Bonchev–Trinajstić information content (AvgIpc) is 2.76. The van der Waals surface area contributed by atoms with E-state index in [1.54, 1.807) is 49.4 Å². The number of para-hydroxylation sites is 2. The lowest BCUT2D eigenvalue weighted by Gasteiger charge is -2.34. The van der Waals surface area contributed by atoms with Gasteiger partial charge in [0.15, 0.2) is 0 Å². The number of hydrogen-bond acceptors (Lipinski definition) is 6. The summed E-state index contributed by atoms with van der Waals surface area (Å²) in [5.74, 6) is -0.714. The zero-order valence-corrected chi connectivity index (χ0v) is 17.0. The van der Waals surface area contributed by atoms with E-state index in [0.717, 1.165) is 4.31 Å². The van der Waals surface area contributed by atoms with E-state index in [9.17, 15) is 18.0 Å². The molecule has 0 spiro atoms. The summed E-state index contributed by atoms with van der Waals surface area (Å²) in [6.07, 6.45) is -0.986. The summed E-state index contributed by atoms with van der Waals surface area (Å²) in [6.45, 7) is 1.36. The third-order valence-corrected chi connectivity index (χ3v) is 6.52. The summed E-state index contributed by atoms with van der Waals surface area (Å²) in [6, 6.07) is 14.7. The fourth-order valence-electron chi connectivity index (χ4n) is 3.07. The normalized spacial score (nSPS) is 16.1. The number of anilines is 1. The van der Waals surface area contributed by atoms with Crippen LogP contribution in [-0.2, 0) is 24.3 Å². The Hall–Kier alpha value is -2.91. The SMILES string of the molecule is CCN(CC(=O)N1C[C@H](C(=O)OC)Oc2ccccc21)S(=O)(=O)c1ccccc1. The van der Waals surface area contributed by atoms with Crippen molar-refractivity contribution < 1.29 is 27.5 Å². The number of likely N-dealkylation sites (N-methyl/N-ethyl adjacent to an activating group) is 1. The third kappa shape index (κ3) is 4.25.